The van der Waals surface area contributed by atoms with Crippen LogP contribution in [0.4, 0.5) is 0 Å². The smallest absolute Gasteiger partial charge is 0.0488 e. The highest BCUT2D eigenvalue weighted by Crippen LogP contribution is 2.36. The molecule has 1 saturated carbocycles. The largest absolute Gasteiger partial charge is 0.271 e. The van der Waals surface area contributed by atoms with Crippen LogP contribution in [0.2, 0.25) is 0 Å². The van der Waals surface area contributed by atoms with Crippen LogP contribution in [0.5, 0.6) is 0 Å². The van der Waals surface area contributed by atoms with Crippen LogP contribution in [-0.4, -0.2) is 0 Å². The maximum Gasteiger partial charge on any atom is 0.0488 e. The lowest BCUT2D eigenvalue weighted by Crippen LogP contribution is -2.32. The molecule has 0 heterocycles. The Morgan fingerprint density at radius 3 is 2.44 bits per heavy atom. The Bertz CT molecular complexity index is 529. The van der Waals surface area contributed by atoms with Crippen molar-refractivity contribution in [1.82, 2.24) is 5.43 Å². The quantitative estimate of drug-likeness (QED) is 0.636. The lowest BCUT2D eigenvalue weighted by Gasteiger charge is -2.23. The average Bonchev–Trinajstić information content (AvgIpc) is 2.93. The van der Waals surface area contributed by atoms with E-state index in [2.05, 4.69) is 47.9 Å². The van der Waals surface area contributed by atoms with Gasteiger partial charge in [0.05, 0.1) is 0 Å². The third-order valence-electron chi connectivity index (χ3n) is 4.18. The molecule has 1 aliphatic carbocycles. The SMILES string of the molecule is NNC(c1ccc2ccccc2c1)C1CCCC1. The number of fused-ring (bicyclic) bond motifs is 1. The zero-order valence-corrected chi connectivity index (χ0v) is 10.6. The molecule has 2 aromatic carbocycles. The van der Waals surface area contributed by atoms with Crippen LogP contribution in [-0.2, 0) is 0 Å². The van der Waals surface area contributed by atoms with Crippen LogP contribution < -0.4 is 11.3 Å². The molecule has 0 radical (unpaired) electrons. The van der Waals surface area contributed by atoms with E-state index in [-0.39, 0.29) is 0 Å². The summed E-state index contributed by atoms with van der Waals surface area (Å²) in [5, 5.41) is 2.59. The first-order valence-corrected chi connectivity index (χ1v) is 6.83. The summed E-state index contributed by atoms with van der Waals surface area (Å²) in [6.07, 6.45) is 5.27. The summed E-state index contributed by atoms with van der Waals surface area (Å²) >= 11 is 0. The van der Waals surface area contributed by atoms with Crippen molar-refractivity contribution in [1.29, 1.82) is 0 Å². The predicted octanol–water partition coefficient (Wildman–Crippen LogP) is 3.53. The molecule has 0 spiro atoms. The highest BCUT2D eigenvalue weighted by Gasteiger charge is 2.25. The molecule has 1 aliphatic rings. The first kappa shape index (κ1) is 11.7. The second-order valence-corrected chi connectivity index (χ2v) is 5.30. The topological polar surface area (TPSA) is 38.0 Å². The molecule has 1 fully saturated rings. The van der Waals surface area contributed by atoms with Crippen LogP contribution in [0.1, 0.15) is 37.3 Å². The molecular weight excluding hydrogens is 220 g/mol. The molecule has 0 bridgehead atoms. The van der Waals surface area contributed by atoms with Crippen LogP contribution in [0.3, 0.4) is 0 Å². The third-order valence-corrected chi connectivity index (χ3v) is 4.18. The molecule has 0 saturated heterocycles. The van der Waals surface area contributed by atoms with Crippen molar-refractivity contribution in [3.63, 3.8) is 0 Å². The van der Waals surface area contributed by atoms with E-state index in [1.807, 2.05) is 0 Å². The molecule has 2 heteroatoms. The lowest BCUT2D eigenvalue weighted by atomic mass is 9.91. The second kappa shape index (κ2) is 5.09. The number of benzene rings is 2. The average molecular weight is 240 g/mol. The fourth-order valence-corrected chi connectivity index (χ4v) is 3.20. The zero-order valence-electron chi connectivity index (χ0n) is 10.6. The highest BCUT2D eigenvalue weighted by atomic mass is 15.2. The van der Waals surface area contributed by atoms with E-state index in [0.29, 0.717) is 12.0 Å². The summed E-state index contributed by atoms with van der Waals surface area (Å²) in [4.78, 5) is 0. The van der Waals surface area contributed by atoms with Gasteiger partial charge in [0.15, 0.2) is 0 Å². The van der Waals surface area contributed by atoms with Gasteiger partial charge < -0.3 is 0 Å². The third kappa shape index (κ3) is 2.14. The van der Waals surface area contributed by atoms with Crippen molar-refractivity contribution in [3.05, 3.63) is 48.0 Å². The van der Waals surface area contributed by atoms with Gasteiger partial charge >= 0.3 is 0 Å². The molecule has 2 nitrogen and oxygen atoms in total. The molecule has 18 heavy (non-hydrogen) atoms. The number of hydrazine groups is 1. The maximum atomic E-state index is 5.78. The number of nitrogens with two attached hydrogens (primary N) is 1. The Labute approximate surface area is 108 Å². The van der Waals surface area contributed by atoms with E-state index in [0.717, 1.165) is 0 Å². The van der Waals surface area contributed by atoms with Crippen LogP contribution in [0, 0.1) is 5.92 Å². The minimum absolute atomic E-state index is 0.303. The van der Waals surface area contributed by atoms with Gasteiger partial charge in [0, 0.05) is 6.04 Å². The standard InChI is InChI=1S/C16H20N2/c17-18-16(13-6-2-3-7-13)15-10-9-12-5-1-4-8-14(12)11-15/h1,4-5,8-11,13,16,18H,2-3,6-7,17H2. The van der Waals surface area contributed by atoms with Gasteiger partial charge in [-0.25, -0.2) is 0 Å². The Morgan fingerprint density at radius 2 is 1.72 bits per heavy atom. The molecule has 3 rings (SSSR count). The van der Waals surface area contributed by atoms with E-state index in [1.54, 1.807) is 0 Å². The van der Waals surface area contributed by atoms with Gasteiger partial charge in [0.25, 0.3) is 0 Å². The fraction of sp³-hybridized carbons (Fsp3) is 0.375. The van der Waals surface area contributed by atoms with Crippen molar-refractivity contribution < 1.29 is 0 Å². The van der Waals surface area contributed by atoms with E-state index in [9.17, 15) is 0 Å². The van der Waals surface area contributed by atoms with E-state index in [1.165, 1.54) is 42.0 Å². The summed E-state index contributed by atoms with van der Waals surface area (Å²) in [6.45, 7) is 0. The van der Waals surface area contributed by atoms with E-state index in [4.69, 9.17) is 5.84 Å². The van der Waals surface area contributed by atoms with Crippen LogP contribution in [0.15, 0.2) is 42.5 Å². The van der Waals surface area contributed by atoms with Crippen molar-refractivity contribution in [3.8, 4) is 0 Å². The summed E-state index contributed by atoms with van der Waals surface area (Å²) in [6, 6.07) is 15.5. The Morgan fingerprint density at radius 1 is 1.00 bits per heavy atom. The molecule has 94 valence electrons. The molecule has 0 aliphatic heterocycles. The maximum absolute atomic E-state index is 5.78. The molecule has 0 aromatic heterocycles. The normalized spacial score (nSPS) is 18.3. The molecule has 1 atom stereocenters. The zero-order chi connectivity index (χ0) is 12.4. The number of rotatable bonds is 3. The predicted molar refractivity (Wildman–Crippen MR) is 76.0 cm³/mol. The Hall–Kier alpha value is -1.38. The van der Waals surface area contributed by atoms with Gasteiger partial charge in [0.2, 0.25) is 0 Å². The first-order valence-electron chi connectivity index (χ1n) is 6.83. The number of hydrogen-bond acceptors (Lipinski definition) is 2. The lowest BCUT2D eigenvalue weighted by molar-refractivity contribution is 0.374. The van der Waals surface area contributed by atoms with Gasteiger partial charge in [-0.1, -0.05) is 49.2 Å². The van der Waals surface area contributed by atoms with Gasteiger partial charge in [0.1, 0.15) is 0 Å². The van der Waals surface area contributed by atoms with E-state index < -0.39 is 0 Å². The first-order chi connectivity index (χ1) is 8.88. The summed E-state index contributed by atoms with van der Waals surface area (Å²) in [5.41, 5.74) is 4.35. The summed E-state index contributed by atoms with van der Waals surface area (Å²) < 4.78 is 0. The molecule has 1 unspecified atom stereocenters. The second-order valence-electron chi connectivity index (χ2n) is 5.30. The number of nitrogens with one attached hydrogen (secondary N) is 1. The van der Waals surface area contributed by atoms with Crippen molar-refractivity contribution in [2.45, 2.75) is 31.7 Å². The fourth-order valence-electron chi connectivity index (χ4n) is 3.20. The van der Waals surface area contributed by atoms with Gasteiger partial charge in [-0.15, -0.1) is 0 Å². The van der Waals surface area contributed by atoms with Crippen molar-refractivity contribution in [2.24, 2.45) is 11.8 Å². The van der Waals surface area contributed by atoms with Crippen molar-refractivity contribution >= 4 is 10.8 Å². The molecular formula is C16H20N2. The van der Waals surface area contributed by atoms with Gasteiger partial charge in [-0.3, -0.25) is 11.3 Å². The van der Waals surface area contributed by atoms with Crippen molar-refractivity contribution in [2.75, 3.05) is 0 Å². The Balaban J connectivity index is 1.96. The highest BCUT2D eigenvalue weighted by molar-refractivity contribution is 5.83. The number of hydrogen-bond donors (Lipinski definition) is 2. The summed E-state index contributed by atoms with van der Waals surface area (Å²) in [7, 11) is 0. The molecule has 0 amide bonds. The molecule has 3 N–H and O–H groups in total. The van der Waals surface area contributed by atoms with Crippen LogP contribution >= 0.6 is 0 Å². The van der Waals surface area contributed by atoms with Crippen LogP contribution in [0.25, 0.3) is 10.8 Å². The molecule has 2 aromatic rings. The minimum atomic E-state index is 0.303. The van der Waals surface area contributed by atoms with E-state index >= 15 is 0 Å². The van der Waals surface area contributed by atoms with Gasteiger partial charge in [-0.05, 0) is 41.2 Å². The monoisotopic (exact) mass is 240 g/mol. The Kier molecular flexibility index (Phi) is 3.31. The summed E-state index contributed by atoms with van der Waals surface area (Å²) in [5.74, 6) is 6.47. The van der Waals surface area contributed by atoms with Gasteiger partial charge in [-0.2, -0.15) is 0 Å². The minimum Gasteiger partial charge on any atom is -0.271 e.